The lowest BCUT2D eigenvalue weighted by Gasteiger charge is -2.24. The van der Waals surface area contributed by atoms with Crippen LogP contribution in [0.2, 0.25) is 0 Å². The first-order chi connectivity index (χ1) is 6.93. The Hall–Kier alpha value is -1.02. The van der Waals surface area contributed by atoms with E-state index < -0.39 is 36.7 Å². The first-order valence-corrected chi connectivity index (χ1v) is 4.49. The quantitative estimate of drug-likeness (QED) is 0.296. The normalized spacial score (nSPS) is 18.7. The number of amides is 1. The monoisotopic (exact) mass is 219 g/mol. The van der Waals surface area contributed by atoms with Crippen molar-refractivity contribution in [3.63, 3.8) is 0 Å². The molecule has 0 spiro atoms. The third kappa shape index (κ3) is 4.34. The summed E-state index contributed by atoms with van der Waals surface area (Å²) in [6.07, 6.45) is -0.999. The van der Waals surface area contributed by atoms with Gasteiger partial charge in [-0.05, 0) is 6.92 Å². The lowest BCUT2D eigenvalue weighted by Crippen LogP contribution is -2.56. The van der Waals surface area contributed by atoms with Gasteiger partial charge in [0.25, 0.3) is 0 Å². The van der Waals surface area contributed by atoms with E-state index in [4.69, 9.17) is 16.6 Å². The molecule has 7 N–H and O–H groups in total. The number of nitrogens with two attached hydrogens (primary N) is 2. The van der Waals surface area contributed by atoms with E-state index in [2.05, 4.69) is 5.32 Å². The fourth-order valence-corrected chi connectivity index (χ4v) is 0.902. The van der Waals surface area contributed by atoms with Crippen molar-refractivity contribution < 1.29 is 19.8 Å². The number of carbonyl (C=O) groups is 2. The number of aliphatic hydroxyl groups excluding tert-OH is 2. The molecule has 88 valence electrons. The Morgan fingerprint density at radius 3 is 2.40 bits per heavy atom. The minimum absolute atomic E-state index is 0.339. The van der Waals surface area contributed by atoms with Gasteiger partial charge in [-0.25, -0.2) is 0 Å². The summed E-state index contributed by atoms with van der Waals surface area (Å²) in [4.78, 5) is 21.4. The molecule has 0 saturated heterocycles. The van der Waals surface area contributed by atoms with Crippen LogP contribution in [0.3, 0.4) is 0 Å². The first-order valence-electron chi connectivity index (χ1n) is 4.49. The van der Waals surface area contributed by atoms with Crippen LogP contribution >= 0.6 is 0 Å². The average Bonchev–Trinajstić information content (AvgIpc) is 2.23. The Morgan fingerprint density at radius 1 is 1.53 bits per heavy atom. The molecule has 0 saturated carbocycles. The highest BCUT2D eigenvalue weighted by Crippen LogP contribution is 1.97. The van der Waals surface area contributed by atoms with E-state index in [-0.39, 0.29) is 0 Å². The number of aliphatic hydroxyl groups is 2. The van der Waals surface area contributed by atoms with Gasteiger partial charge in [-0.15, -0.1) is 0 Å². The highest BCUT2D eigenvalue weighted by molar-refractivity contribution is 5.81. The van der Waals surface area contributed by atoms with Gasteiger partial charge in [0.15, 0.2) is 0 Å². The highest BCUT2D eigenvalue weighted by Gasteiger charge is 2.26. The Balaban J connectivity index is 4.36. The van der Waals surface area contributed by atoms with Crippen molar-refractivity contribution in [1.29, 1.82) is 0 Å². The minimum Gasteiger partial charge on any atom is -0.394 e. The van der Waals surface area contributed by atoms with Gasteiger partial charge < -0.3 is 31.8 Å². The molecule has 4 atom stereocenters. The van der Waals surface area contributed by atoms with E-state index in [0.717, 1.165) is 0 Å². The maximum Gasteiger partial charge on any atom is 0.237 e. The van der Waals surface area contributed by atoms with Gasteiger partial charge in [0.1, 0.15) is 6.29 Å². The maximum absolute atomic E-state index is 11.1. The molecule has 0 bridgehead atoms. The number of hydrogen-bond acceptors (Lipinski definition) is 6. The summed E-state index contributed by atoms with van der Waals surface area (Å²) < 4.78 is 0. The largest absolute Gasteiger partial charge is 0.394 e. The number of aldehydes is 1. The summed E-state index contributed by atoms with van der Waals surface area (Å²) in [5.74, 6) is -0.536. The van der Waals surface area contributed by atoms with Crippen LogP contribution in [-0.2, 0) is 9.59 Å². The molecule has 0 aliphatic heterocycles. The second kappa shape index (κ2) is 6.46. The Bertz CT molecular complexity index is 222. The summed E-state index contributed by atoms with van der Waals surface area (Å²) in [5, 5.41) is 20.6. The summed E-state index contributed by atoms with van der Waals surface area (Å²) in [6.45, 7) is 0.928. The van der Waals surface area contributed by atoms with Crippen LogP contribution < -0.4 is 16.8 Å². The van der Waals surface area contributed by atoms with Crippen molar-refractivity contribution in [2.75, 3.05) is 6.61 Å². The summed E-state index contributed by atoms with van der Waals surface area (Å²) >= 11 is 0. The standard InChI is InChI=1S/C8H17N3O4/c1-4(9)8(15)11-6(3-13)7(14)5(10)2-12/h2,4-7,13-14H,3,9-10H2,1H3,(H,11,15)/t4-,5+,6-,7+/m0/s1. The fourth-order valence-electron chi connectivity index (χ4n) is 0.902. The molecule has 1 amide bonds. The van der Waals surface area contributed by atoms with Crippen molar-refractivity contribution in [1.82, 2.24) is 5.32 Å². The van der Waals surface area contributed by atoms with Crippen molar-refractivity contribution >= 4 is 12.2 Å². The molecule has 7 nitrogen and oxygen atoms in total. The van der Waals surface area contributed by atoms with Gasteiger partial charge >= 0.3 is 0 Å². The summed E-state index contributed by atoms with van der Waals surface area (Å²) in [7, 11) is 0. The van der Waals surface area contributed by atoms with Crippen LogP contribution in [0.1, 0.15) is 6.92 Å². The van der Waals surface area contributed by atoms with Crippen LogP contribution in [0.15, 0.2) is 0 Å². The Morgan fingerprint density at radius 2 is 2.07 bits per heavy atom. The van der Waals surface area contributed by atoms with Crippen molar-refractivity contribution in [2.45, 2.75) is 31.2 Å². The number of rotatable bonds is 6. The molecule has 0 aliphatic rings. The smallest absolute Gasteiger partial charge is 0.237 e. The molecule has 0 fully saturated rings. The second-order valence-electron chi connectivity index (χ2n) is 3.29. The molecule has 0 aromatic heterocycles. The first kappa shape index (κ1) is 14.0. The van der Waals surface area contributed by atoms with Gasteiger partial charge in [-0.1, -0.05) is 0 Å². The van der Waals surface area contributed by atoms with E-state index in [1.165, 1.54) is 6.92 Å². The van der Waals surface area contributed by atoms with E-state index in [1.807, 2.05) is 0 Å². The van der Waals surface area contributed by atoms with Crippen molar-refractivity contribution in [3.05, 3.63) is 0 Å². The molecule has 0 aromatic rings. The maximum atomic E-state index is 11.1. The zero-order valence-electron chi connectivity index (χ0n) is 8.46. The van der Waals surface area contributed by atoms with Crippen LogP contribution in [0.4, 0.5) is 0 Å². The predicted molar refractivity (Wildman–Crippen MR) is 52.7 cm³/mol. The van der Waals surface area contributed by atoms with E-state index >= 15 is 0 Å². The topological polar surface area (TPSA) is 139 Å². The van der Waals surface area contributed by atoms with Crippen LogP contribution in [0, 0.1) is 0 Å². The van der Waals surface area contributed by atoms with Crippen molar-refractivity contribution in [2.24, 2.45) is 11.5 Å². The summed E-state index contributed by atoms with van der Waals surface area (Å²) in [5.41, 5.74) is 10.5. The molecule has 0 aromatic carbocycles. The highest BCUT2D eigenvalue weighted by atomic mass is 16.3. The molecular formula is C8H17N3O4. The average molecular weight is 219 g/mol. The van der Waals surface area contributed by atoms with Crippen LogP contribution in [0.5, 0.6) is 0 Å². The molecule has 0 aliphatic carbocycles. The molecule has 0 heterocycles. The molecule has 0 rings (SSSR count). The van der Waals surface area contributed by atoms with Gasteiger partial charge in [0, 0.05) is 0 Å². The SMILES string of the molecule is C[C@H](N)C(=O)N[C@@H](CO)[C@H](O)[C@H](N)C=O. The molecular weight excluding hydrogens is 202 g/mol. The van der Waals surface area contributed by atoms with Crippen LogP contribution in [0.25, 0.3) is 0 Å². The van der Waals surface area contributed by atoms with E-state index in [1.54, 1.807) is 0 Å². The van der Waals surface area contributed by atoms with Gasteiger partial charge in [0.05, 0.1) is 30.8 Å². The number of hydrogen-bond donors (Lipinski definition) is 5. The molecule has 0 unspecified atom stereocenters. The Labute approximate surface area is 87.4 Å². The van der Waals surface area contributed by atoms with Crippen molar-refractivity contribution in [3.8, 4) is 0 Å². The lowest BCUT2D eigenvalue weighted by atomic mass is 10.1. The minimum atomic E-state index is -1.34. The molecule has 7 heteroatoms. The summed E-state index contributed by atoms with van der Waals surface area (Å²) in [6, 6.07) is -2.92. The number of nitrogens with one attached hydrogen (secondary N) is 1. The number of carbonyl (C=O) groups excluding carboxylic acids is 2. The second-order valence-corrected chi connectivity index (χ2v) is 3.29. The van der Waals surface area contributed by atoms with E-state index in [0.29, 0.717) is 6.29 Å². The zero-order chi connectivity index (χ0) is 12.0. The molecule has 0 radical (unpaired) electrons. The third-order valence-corrected chi connectivity index (χ3v) is 1.90. The van der Waals surface area contributed by atoms with Gasteiger partial charge in [0.2, 0.25) is 5.91 Å². The third-order valence-electron chi connectivity index (χ3n) is 1.90. The van der Waals surface area contributed by atoms with E-state index in [9.17, 15) is 14.7 Å². The lowest BCUT2D eigenvalue weighted by molar-refractivity contribution is -0.125. The van der Waals surface area contributed by atoms with Gasteiger partial charge in [-0.2, -0.15) is 0 Å². The zero-order valence-corrected chi connectivity index (χ0v) is 8.46. The fraction of sp³-hybridized carbons (Fsp3) is 0.750. The Kier molecular flexibility index (Phi) is 6.02. The predicted octanol–water partition coefficient (Wildman–Crippen LogP) is -3.30. The van der Waals surface area contributed by atoms with Gasteiger partial charge in [-0.3, -0.25) is 4.79 Å². The van der Waals surface area contributed by atoms with Crippen LogP contribution in [-0.4, -0.2) is 53.2 Å². The molecule has 15 heavy (non-hydrogen) atoms.